The maximum atomic E-state index is 12.5. The van der Waals surface area contributed by atoms with E-state index >= 15 is 0 Å². The van der Waals surface area contributed by atoms with E-state index in [0.29, 0.717) is 17.9 Å². The summed E-state index contributed by atoms with van der Waals surface area (Å²) >= 11 is 0. The van der Waals surface area contributed by atoms with Gasteiger partial charge in [-0.05, 0) is 32.1 Å². The van der Waals surface area contributed by atoms with Crippen molar-refractivity contribution in [3.63, 3.8) is 0 Å². The van der Waals surface area contributed by atoms with Crippen LogP contribution < -0.4 is 5.32 Å². The van der Waals surface area contributed by atoms with Gasteiger partial charge in [-0.2, -0.15) is 0 Å². The maximum absolute atomic E-state index is 12.5. The second kappa shape index (κ2) is 4.97. The van der Waals surface area contributed by atoms with E-state index in [1.807, 2.05) is 0 Å². The molecule has 0 aromatic heterocycles. The fourth-order valence-electron chi connectivity index (χ4n) is 3.26. The molecule has 2 atom stereocenters. The Kier molecular flexibility index (Phi) is 3.76. The number of hydrogen-bond donors (Lipinski definition) is 1. The highest BCUT2D eigenvalue weighted by atomic mass is 16.2. The highest BCUT2D eigenvalue weighted by Gasteiger charge is 2.48. The molecule has 1 heterocycles. The lowest BCUT2D eigenvalue weighted by molar-refractivity contribution is -0.134. The Bertz CT molecular complexity index is 284. The SMILES string of the molecule is CCC(C)CC(C)N1CNC2(CCCC2)C1=O. The Morgan fingerprint density at radius 2 is 2.00 bits per heavy atom. The molecular weight excluding hydrogens is 212 g/mol. The van der Waals surface area contributed by atoms with Gasteiger partial charge in [0.05, 0.1) is 12.2 Å². The molecule has 1 amide bonds. The summed E-state index contributed by atoms with van der Waals surface area (Å²) < 4.78 is 0. The van der Waals surface area contributed by atoms with Crippen molar-refractivity contribution >= 4 is 5.91 Å². The zero-order valence-electron chi connectivity index (χ0n) is 11.5. The third-order valence-electron chi connectivity index (χ3n) is 4.69. The highest BCUT2D eigenvalue weighted by molar-refractivity contribution is 5.88. The maximum Gasteiger partial charge on any atom is 0.244 e. The standard InChI is InChI=1S/C14H26N2O/c1-4-11(2)9-12(3)16-10-15-14(13(16)17)7-5-6-8-14/h11-12,15H,4-10H2,1-3H3. The molecule has 0 bridgehead atoms. The van der Waals surface area contributed by atoms with Crippen LogP contribution in [0.5, 0.6) is 0 Å². The van der Waals surface area contributed by atoms with Crippen LogP contribution in [-0.4, -0.2) is 29.1 Å². The summed E-state index contributed by atoms with van der Waals surface area (Å²) in [6.07, 6.45) is 6.81. The van der Waals surface area contributed by atoms with Crippen molar-refractivity contribution in [3.05, 3.63) is 0 Å². The van der Waals surface area contributed by atoms with Crippen LogP contribution in [0, 0.1) is 5.92 Å². The number of carbonyl (C=O) groups excluding carboxylic acids is 1. The number of carbonyl (C=O) groups is 1. The molecule has 3 nitrogen and oxygen atoms in total. The van der Waals surface area contributed by atoms with Gasteiger partial charge in [0.25, 0.3) is 0 Å². The molecule has 1 N–H and O–H groups in total. The van der Waals surface area contributed by atoms with Crippen molar-refractivity contribution in [1.82, 2.24) is 10.2 Å². The van der Waals surface area contributed by atoms with Gasteiger partial charge in [-0.1, -0.05) is 33.1 Å². The van der Waals surface area contributed by atoms with Gasteiger partial charge < -0.3 is 4.90 Å². The fraction of sp³-hybridized carbons (Fsp3) is 0.929. The Hall–Kier alpha value is -0.570. The normalized spacial score (nSPS) is 26.8. The van der Waals surface area contributed by atoms with Gasteiger partial charge in [0.1, 0.15) is 0 Å². The van der Waals surface area contributed by atoms with Gasteiger partial charge >= 0.3 is 0 Å². The Morgan fingerprint density at radius 1 is 1.35 bits per heavy atom. The van der Waals surface area contributed by atoms with Crippen molar-refractivity contribution in [2.45, 2.75) is 70.9 Å². The first-order chi connectivity index (χ1) is 8.09. The molecule has 1 saturated carbocycles. The van der Waals surface area contributed by atoms with Gasteiger partial charge in [-0.3, -0.25) is 10.1 Å². The molecule has 1 spiro atoms. The molecule has 1 aliphatic carbocycles. The van der Waals surface area contributed by atoms with Gasteiger partial charge in [-0.25, -0.2) is 0 Å². The summed E-state index contributed by atoms with van der Waals surface area (Å²) in [5.74, 6) is 1.07. The molecule has 0 aromatic rings. The number of nitrogens with zero attached hydrogens (tertiary/aromatic N) is 1. The lowest BCUT2D eigenvalue weighted by Gasteiger charge is -2.28. The molecule has 0 aromatic carbocycles. The van der Waals surface area contributed by atoms with Gasteiger partial charge in [0.15, 0.2) is 0 Å². The first-order valence-electron chi connectivity index (χ1n) is 7.15. The summed E-state index contributed by atoms with van der Waals surface area (Å²) in [6, 6.07) is 0.380. The van der Waals surface area contributed by atoms with E-state index in [9.17, 15) is 4.79 Å². The predicted molar refractivity (Wildman–Crippen MR) is 69.6 cm³/mol. The van der Waals surface area contributed by atoms with E-state index in [1.165, 1.54) is 19.3 Å². The zero-order chi connectivity index (χ0) is 12.5. The van der Waals surface area contributed by atoms with E-state index in [1.54, 1.807) is 0 Å². The van der Waals surface area contributed by atoms with Crippen molar-refractivity contribution in [1.29, 1.82) is 0 Å². The van der Waals surface area contributed by atoms with Crippen LogP contribution in [0.25, 0.3) is 0 Å². The van der Waals surface area contributed by atoms with Gasteiger partial charge in [-0.15, -0.1) is 0 Å². The number of hydrogen-bond acceptors (Lipinski definition) is 2. The van der Waals surface area contributed by atoms with Crippen LogP contribution >= 0.6 is 0 Å². The number of amides is 1. The summed E-state index contributed by atoms with van der Waals surface area (Å²) in [7, 11) is 0. The van der Waals surface area contributed by atoms with Crippen LogP contribution in [0.3, 0.4) is 0 Å². The van der Waals surface area contributed by atoms with Crippen LogP contribution in [0.4, 0.5) is 0 Å². The van der Waals surface area contributed by atoms with E-state index < -0.39 is 0 Å². The monoisotopic (exact) mass is 238 g/mol. The molecule has 98 valence electrons. The molecule has 2 fully saturated rings. The molecule has 17 heavy (non-hydrogen) atoms. The first kappa shape index (κ1) is 12.9. The second-order valence-electron chi connectivity index (χ2n) is 6.00. The quantitative estimate of drug-likeness (QED) is 0.816. The molecule has 0 radical (unpaired) electrons. The Morgan fingerprint density at radius 3 is 2.59 bits per heavy atom. The molecule has 3 heteroatoms. The van der Waals surface area contributed by atoms with Crippen molar-refractivity contribution in [2.24, 2.45) is 5.92 Å². The lowest BCUT2D eigenvalue weighted by Crippen LogP contribution is -2.45. The third kappa shape index (κ3) is 2.35. The van der Waals surface area contributed by atoms with Crippen LogP contribution in [0.15, 0.2) is 0 Å². The first-order valence-corrected chi connectivity index (χ1v) is 7.15. The summed E-state index contributed by atoms with van der Waals surface area (Å²) in [5.41, 5.74) is -0.177. The fourth-order valence-corrected chi connectivity index (χ4v) is 3.26. The largest absolute Gasteiger partial charge is 0.326 e. The summed E-state index contributed by atoms with van der Waals surface area (Å²) in [6.45, 7) is 7.45. The van der Waals surface area contributed by atoms with Crippen LogP contribution in [-0.2, 0) is 4.79 Å². The van der Waals surface area contributed by atoms with Crippen molar-refractivity contribution in [2.75, 3.05) is 6.67 Å². The van der Waals surface area contributed by atoms with E-state index in [-0.39, 0.29) is 5.54 Å². The molecule has 1 saturated heterocycles. The lowest BCUT2D eigenvalue weighted by atomic mass is 9.96. The molecular formula is C14H26N2O. The number of nitrogens with one attached hydrogen (secondary N) is 1. The molecule has 1 aliphatic heterocycles. The Balaban J connectivity index is 1.97. The third-order valence-corrected chi connectivity index (χ3v) is 4.69. The van der Waals surface area contributed by atoms with E-state index in [4.69, 9.17) is 0 Å². The highest BCUT2D eigenvalue weighted by Crippen LogP contribution is 2.35. The molecule has 2 unspecified atom stereocenters. The summed E-state index contributed by atoms with van der Waals surface area (Å²) in [4.78, 5) is 14.6. The molecule has 2 aliphatic rings. The van der Waals surface area contributed by atoms with E-state index in [0.717, 1.165) is 25.9 Å². The topological polar surface area (TPSA) is 32.3 Å². The van der Waals surface area contributed by atoms with Crippen LogP contribution in [0.1, 0.15) is 59.3 Å². The van der Waals surface area contributed by atoms with Gasteiger partial charge in [0.2, 0.25) is 5.91 Å². The predicted octanol–water partition coefficient (Wildman–Crippen LogP) is 2.51. The smallest absolute Gasteiger partial charge is 0.244 e. The zero-order valence-corrected chi connectivity index (χ0v) is 11.5. The minimum absolute atomic E-state index is 0.177. The van der Waals surface area contributed by atoms with Gasteiger partial charge in [0, 0.05) is 6.04 Å². The minimum atomic E-state index is -0.177. The summed E-state index contributed by atoms with van der Waals surface area (Å²) in [5, 5.41) is 3.48. The second-order valence-corrected chi connectivity index (χ2v) is 6.00. The average Bonchev–Trinajstić information content (AvgIpc) is 2.90. The average molecular weight is 238 g/mol. The van der Waals surface area contributed by atoms with Crippen molar-refractivity contribution in [3.8, 4) is 0 Å². The van der Waals surface area contributed by atoms with E-state index in [2.05, 4.69) is 31.0 Å². The number of rotatable bonds is 4. The molecule has 2 rings (SSSR count). The van der Waals surface area contributed by atoms with Crippen LogP contribution in [0.2, 0.25) is 0 Å². The Labute approximate surface area is 105 Å². The van der Waals surface area contributed by atoms with Crippen molar-refractivity contribution < 1.29 is 4.79 Å². The minimum Gasteiger partial charge on any atom is -0.326 e.